The van der Waals surface area contributed by atoms with Crippen LogP contribution in [0.25, 0.3) is 10.2 Å². The molecule has 5 nitrogen and oxygen atoms in total. The molecule has 1 saturated heterocycles. The standard InChI is InChI=1S/C19H22N4OS/c1-22-9-3-6-13(22)14-7-4-10-23(14)11-16-20-18(24)17-12-5-2-8-15(12)25-19(17)21-16/h3,6,9,14H,2,4-5,7-8,10-11H2,1H3,(H,20,21,24)/t14-/m0/s1. The molecule has 0 bridgehead atoms. The lowest BCUT2D eigenvalue weighted by atomic mass is 10.1. The fraction of sp³-hybridized carbons (Fsp3) is 0.474. The Labute approximate surface area is 150 Å². The normalized spacial score (nSPS) is 20.6. The second-order valence-corrected chi connectivity index (χ2v) is 8.31. The van der Waals surface area contributed by atoms with Gasteiger partial charge in [-0.1, -0.05) is 0 Å². The minimum Gasteiger partial charge on any atom is -0.353 e. The van der Waals surface area contributed by atoms with Gasteiger partial charge in [-0.3, -0.25) is 9.69 Å². The largest absolute Gasteiger partial charge is 0.353 e. The predicted molar refractivity (Wildman–Crippen MR) is 100 cm³/mol. The van der Waals surface area contributed by atoms with E-state index in [1.807, 2.05) is 0 Å². The Bertz CT molecular complexity index is 999. The number of fused-ring (bicyclic) bond motifs is 3. The molecule has 0 radical (unpaired) electrons. The Morgan fingerprint density at radius 2 is 2.28 bits per heavy atom. The van der Waals surface area contributed by atoms with Gasteiger partial charge in [-0.05, 0) is 56.3 Å². The topological polar surface area (TPSA) is 53.9 Å². The molecule has 5 rings (SSSR count). The number of aryl methyl sites for hydroxylation is 3. The first-order valence-corrected chi connectivity index (χ1v) is 9.91. The highest BCUT2D eigenvalue weighted by atomic mass is 32.1. The molecule has 4 heterocycles. The Hall–Kier alpha value is -1.92. The molecule has 0 unspecified atom stereocenters. The third kappa shape index (κ3) is 2.47. The van der Waals surface area contributed by atoms with Crippen molar-refractivity contribution in [1.82, 2.24) is 19.4 Å². The van der Waals surface area contributed by atoms with E-state index in [4.69, 9.17) is 4.98 Å². The molecule has 1 N–H and O–H groups in total. The third-order valence-corrected chi connectivity index (χ3v) is 6.85. The van der Waals surface area contributed by atoms with Gasteiger partial charge in [-0.2, -0.15) is 0 Å². The first-order chi connectivity index (χ1) is 12.2. The highest BCUT2D eigenvalue weighted by molar-refractivity contribution is 7.18. The highest BCUT2D eigenvalue weighted by Crippen LogP contribution is 2.35. The lowest BCUT2D eigenvalue weighted by Gasteiger charge is -2.24. The summed E-state index contributed by atoms with van der Waals surface area (Å²) in [4.78, 5) is 25.3. The average Bonchev–Trinajstić information content (AvgIpc) is 3.30. The van der Waals surface area contributed by atoms with E-state index in [1.165, 1.54) is 29.0 Å². The van der Waals surface area contributed by atoms with Crippen LogP contribution in [-0.4, -0.2) is 26.0 Å². The fourth-order valence-corrected chi connectivity index (χ4v) is 5.77. The van der Waals surface area contributed by atoms with Crippen molar-refractivity contribution in [3.63, 3.8) is 0 Å². The summed E-state index contributed by atoms with van der Waals surface area (Å²) in [7, 11) is 2.10. The van der Waals surface area contributed by atoms with Gasteiger partial charge in [0.2, 0.25) is 0 Å². The number of nitrogens with one attached hydrogen (secondary N) is 1. The van der Waals surface area contributed by atoms with Crippen molar-refractivity contribution in [2.75, 3.05) is 6.54 Å². The van der Waals surface area contributed by atoms with Crippen molar-refractivity contribution in [3.8, 4) is 0 Å². The molecule has 3 aromatic rings. The van der Waals surface area contributed by atoms with Gasteiger partial charge < -0.3 is 9.55 Å². The van der Waals surface area contributed by atoms with Crippen LogP contribution in [0.15, 0.2) is 23.1 Å². The SMILES string of the molecule is Cn1cccc1[C@@H]1CCCN1Cc1nc2sc3c(c2c(=O)[nH]1)CCC3. The molecular weight excluding hydrogens is 332 g/mol. The number of H-pyrrole nitrogens is 1. The van der Waals surface area contributed by atoms with Gasteiger partial charge in [0, 0.05) is 23.8 Å². The van der Waals surface area contributed by atoms with E-state index in [1.54, 1.807) is 11.3 Å². The van der Waals surface area contributed by atoms with Gasteiger partial charge in [-0.15, -0.1) is 11.3 Å². The number of likely N-dealkylation sites (tertiary alicyclic amines) is 1. The zero-order valence-electron chi connectivity index (χ0n) is 14.4. The van der Waals surface area contributed by atoms with E-state index in [9.17, 15) is 4.79 Å². The molecule has 1 atom stereocenters. The molecule has 25 heavy (non-hydrogen) atoms. The lowest BCUT2D eigenvalue weighted by Crippen LogP contribution is -2.26. The summed E-state index contributed by atoms with van der Waals surface area (Å²) in [5.41, 5.74) is 2.65. The quantitative estimate of drug-likeness (QED) is 0.786. The van der Waals surface area contributed by atoms with Crippen LogP contribution in [0.2, 0.25) is 0 Å². The van der Waals surface area contributed by atoms with E-state index in [-0.39, 0.29) is 5.56 Å². The summed E-state index contributed by atoms with van der Waals surface area (Å²) in [6.07, 6.45) is 7.76. The minimum absolute atomic E-state index is 0.0500. The van der Waals surface area contributed by atoms with E-state index in [0.717, 1.165) is 41.8 Å². The van der Waals surface area contributed by atoms with Crippen LogP contribution in [0.4, 0.5) is 0 Å². The van der Waals surface area contributed by atoms with Gasteiger partial charge in [0.1, 0.15) is 10.7 Å². The summed E-state index contributed by atoms with van der Waals surface area (Å²) in [5.74, 6) is 0.804. The number of aromatic nitrogens is 3. The zero-order chi connectivity index (χ0) is 17.0. The van der Waals surface area contributed by atoms with Crippen LogP contribution >= 0.6 is 11.3 Å². The number of rotatable bonds is 3. The monoisotopic (exact) mass is 354 g/mol. The Balaban J connectivity index is 1.48. The van der Waals surface area contributed by atoms with E-state index in [0.29, 0.717) is 12.6 Å². The first kappa shape index (κ1) is 15.3. The third-order valence-electron chi connectivity index (χ3n) is 5.67. The maximum Gasteiger partial charge on any atom is 0.259 e. The average molecular weight is 354 g/mol. The molecule has 0 spiro atoms. The summed E-state index contributed by atoms with van der Waals surface area (Å²) < 4.78 is 2.20. The highest BCUT2D eigenvalue weighted by Gasteiger charge is 2.28. The number of aromatic amines is 1. The molecule has 1 fully saturated rings. The second kappa shape index (κ2) is 5.81. The molecule has 2 aliphatic rings. The smallest absolute Gasteiger partial charge is 0.259 e. The summed E-state index contributed by atoms with van der Waals surface area (Å²) >= 11 is 1.72. The van der Waals surface area contributed by atoms with Gasteiger partial charge in [0.05, 0.1) is 18.0 Å². The molecule has 1 aliphatic carbocycles. The van der Waals surface area contributed by atoms with Crippen molar-refractivity contribution < 1.29 is 0 Å². The van der Waals surface area contributed by atoms with Crippen molar-refractivity contribution in [3.05, 3.63) is 50.6 Å². The molecule has 6 heteroatoms. The summed E-state index contributed by atoms with van der Waals surface area (Å²) in [5, 5.41) is 0.849. The van der Waals surface area contributed by atoms with Crippen molar-refractivity contribution in [1.29, 1.82) is 0 Å². The number of thiophene rings is 1. The molecule has 0 saturated carbocycles. The molecule has 3 aromatic heterocycles. The zero-order valence-corrected chi connectivity index (χ0v) is 15.2. The molecule has 0 amide bonds. The maximum atomic E-state index is 12.6. The van der Waals surface area contributed by atoms with E-state index < -0.39 is 0 Å². The molecule has 130 valence electrons. The second-order valence-electron chi connectivity index (χ2n) is 7.22. The van der Waals surface area contributed by atoms with E-state index in [2.05, 4.69) is 39.8 Å². The summed E-state index contributed by atoms with van der Waals surface area (Å²) in [6, 6.07) is 4.71. The van der Waals surface area contributed by atoms with Crippen molar-refractivity contribution >= 4 is 21.6 Å². The Morgan fingerprint density at radius 1 is 1.36 bits per heavy atom. The van der Waals surface area contributed by atoms with Crippen LogP contribution in [0, 0.1) is 0 Å². The Morgan fingerprint density at radius 3 is 3.12 bits per heavy atom. The van der Waals surface area contributed by atoms with Crippen LogP contribution < -0.4 is 5.56 Å². The van der Waals surface area contributed by atoms with Gasteiger partial charge in [0.25, 0.3) is 5.56 Å². The molecule has 0 aromatic carbocycles. The maximum absolute atomic E-state index is 12.6. The minimum atomic E-state index is 0.0500. The summed E-state index contributed by atoms with van der Waals surface area (Å²) in [6.45, 7) is 1.77. The first-order valence-electron chi connectivity index (χ1n) is 9.09. The number of hydrogen-bond donors (Lipinski definition) is 1. The fourth-order valence-electron chi connectivity index (χ4n) is 4.48. The van der Waals surface area contributed by atoms with Gasteiger partial charge in [-0.25, -0.2) is 4.98 Å². The van der Waals surface area contributed by atoms with Crippen LogP contribution in [0.1, 0.15) is 47.3 Å². The molecular formula is C19H22N4OS. The molecule has 1 aliphatic heterocycles. The van der Waals surface area contributed by atoms with Crippen LogP contribution in [0.3, 0.4) is 0 Å². The number of nitrogens with zero attached hydrogens (tertiary/aromatic N) is 3. The lowest BCUT2D eigenvalue weighted by molar-refractivity contribution is 0.235. The van der Waals surface area contributed by atoms with Crippen molar-refractivity contribution in [2.24, 2.45) is 7.05 Å². The Kier molecular flexibility index (Phi) is 3.57. The predicted octanol–water partition coefficient (Wildman–Crippen LogP) is 3.15. The van der Waals surface area contributed by atoms with Gasteiger partial charge in [0.15, 0.2) is 0 Å². The van der Waals surface area contributed by atoms with Crippen LogP contribution in [-0.2, 0) is 26.4 Å². The van der Waals surface area contributed by atoms with Crippen molar-refractivity contribution in [2.45, 2.75) is 44.7 Å². The van der Waals surface area contributed by atoms with E-state index >= 15 is 0 Å². The number of hydrogen-bond acceptors (Lipinski definition) is 4. The van der Waals surface area contributed by atoms with Crippen LogP contribution in [0.5, 0.6) is 0 Å². The van der Waals surface area contributed by atoms with Gasteiger partial charge >= 0.3 is 0 Å².